The highest BCUT2D eigenvalue weighted by molar-refractivity contribution is 5.75. The van der Waals surface area contributed by atoms with Gasteiger partial charge in [-0.2, -0.15) is 0 Å². The summed E-state index contributed by atoms with van der Waals surface area (Å²) in [5, 5.41) is 0. The molecule has 2 N–H and O–H groups in total. The Bertz CT molecular complexity index is 703. The summed E-state index contributed by atoms with van der Waals surface area (Å²) in [5.74, 6) is 0.658. The molecule has 0 bridgehead atoms. The smallest absolute Gasteiger partial charge is 0.413 e. The Balaban J connectivity index is 1.53. The van der Waals surface area contributed by atoms with Crippen molar-refractivity contribution in [2.75, 3.05) is 33.8 Å². The lowest BCUT2D eigenvalue weighted by Gasteiger charge is -2.32. The van der Waals surface area contributed by atoms with Crippen molar-refractivity contribution in [1.82, 2.24) is 9.80 Å². The fourth-order valence-electron chi connectivity index (χ4n) is 3.79. The van der Waals surface area contributed by atoms with Crippen LogP contribution in [0.3, 0.4) is 0 Å². The molecule has 2 heterocycles. The molecule has 0 aromatic heterocycles. The highest BCUT2D eigenvalue weighted by Crippen LogP contribution is 2.27. The maximum absolute atomic E-state index is 12.3. The van der Waals surface area contributed by atoms with E-state index in [2.05, 4.69) is 16.7 Å². The van der Waals surface area contributed by atoms with E-state index in [1.807, 2.05) is 19.1 Å². The second-order valence-electron chi connectivity index (χ2n) is 7.99. The van der Waals surface area contributed by atoms with Crippen LogP contribution in [0.5, 0.6) is 5.75 Å². The van der Waals surface area contributed by atoms with Crippen molar-refractivity contribution in [3.05, 3.63) is 29.8 Å². The Kier molecular flexibility index (Phi) is 6.97. The molecule has 2 saturated heterocycles. The van der Waals surface area contributed by atoms with Crippen molar-refractivity contribution in [3.8, 4) is 5.75 Å². The first-order valence-electron chi connectivity index (χ1n) is 10.1. The first-order chi connectivity index (χ1) is 13.9. The third-order valence-electron chi connectivity index (χ3n) is 5.77. The molecule has 29 heavy (non-hydrogen) atoms. The zero-order valence-corrected chi connectivity index (χ0v) is 17.4. The van der Waals surface area contributed by atoms with Crippen LogP contribution in [0.25, 0.3) is 0 Å². The summed E-state index contributed by atoms with van der Waals surface area (Å²) in [6.45, 7) is 4.79. The van der Waals surface area contributed by atoms with E-state index in [-0.39, 0.29) is 12.1 Å². The van der Waals surface area contributed by atoms with Crippen LogP contribution >= 0.6 is 0 Å². The van der Waals surface area contributed by atoms with Gasteiger partial charge < -0.3 is 24.8 Å². The van der Waals surface area contributed by atoms with Gasteiger partial charge in [-0.1, -0.05) is 12.1 Å². The summed E-state index contributed by atoms with van der Waals surface area (Å²) in [4.78, 5) is 27.9. The van der Waals surface area contributed by atoms with Crippen LogP contribution in [0.15, 0.2) is 24.3 Å². The molecule has 1 amide bonds. The number of esters is 1. The number of methoxy groups -OCH3 is 1. The molecule has 2 aliphatic heterocycles. The zero-order valence-electron chi connectivity index (χ0n) is 17.4. The molecule has 0 radical (unpaired) electrons. The number of hydrogen-bond donors (Lipinski definition) is 1. The summed E-state index contributed by atoms with van der Waals surface area (Å²) in [6.07, 6.45) is 1.60. The van der Waals surface area contributed by atoms with Crippen LogP contribution in [-0.4, -0.2) is 74.0 Å². The maximum atomic E-state index is 12.3. The third-order valence-corrected chi connectivity index (χ3v) is 5.77. The molecule has 2 aliphatic rings. The molecule has 2 fully saturated rings. The van der Waals surface area contributed by atoms with Crippen LogP contribution in [0.2, 0.25) is 0 Å². The first-order valence-corrected chi connectivity index (χ1v) is 10.1. The number of cyclic esters (lactones) is 1. The number of rotatable bonds is 7. The number of nitrogens with zero attached hydrogens (tertiary/aromatic N) is 2. The Labute approximate surface area is 171 Å². The summed E-state index contributed by atoms with van der Waals surface area (Å²) in [5.41, 5.74) is 6.69. The quantitative estimate of drug-likeness (QED) is 0.689. The fraction of sp³-hybridized carbons (Fsp3) is 0.619. The average Bonchev–Trinajstić information content (AvgIpc) is 2.97. The molecule has 0 spiro atoms. The molecule has 0 aliphatic carbocycles. The van der Waals surface area contributed by atoms with E-state index in [0.29, 0.717) is 24.6 Å². The minimum atomic E-state index is -0.698. The summed E-state index contributed by atoms with van der Waals surface area (Å²) in [7, 11) is 3.44. The zero-order chi connectivity index (χ0) is 21.0. The van der Waals surface area contributed by atoms with Gasteiger partial charge in [0.15, 0.2) is 0 Å². The molecular weight excluding hydrogens is 374 g/mol. The van der Waals surface area contributed by atoms with Crippen LogP contribution < -0.4 is 10.5 Å². The van der Waals surface area contributed by atoms with E-state index in [4.69, 9.17) is 15.2 Å². The number of carbonyl (C=O) groups is 2. The van der Waals surface area contributed by atoms with E-state index >= 15 is 0 Å². The lowest BCUT2D eigenvalue weighted by atomic mass is 9.96. The summed E-state index contributed by atoms with van der Waals surface area (Å²) in [6, 6.07) is 6.41. The molecule has 1 aromatic carbocycles. The minimum absolute atomic E-state index is 0.158. The first kappa shape index (κ1) is 21.4. The Hall–Kier alpha value is -2.32. The van der Waals surface area contributed by atoms with E-state index in [9.17, 15) is 9.59 Å². The predicted molar refractivity (Wildman–Crippen MR) is 107 cm³/mol. The van der Waals surface area contributed by atoms with Gasteiger partial charge in [0, 0.05) is 6.54 Å². The van der Waals surface area contributed by atoms with Crippen LogP contribution in [0.4, 0.5) is 4.79 Å². The minimum Gasteiger partial charge on any atom is -0.468 e. The fourth-order valence-corrected chi connectivity index (χ4v) is 3.79. The van der Waals surface area contributed by atoms with Gasteiger partial charge in [0.25, 0.3) is 6.29 Å². The molecule has 160 valence electrons. The number of carbonyl (C=O) groups excluding carboxylic acids is 2. The number of ether oxygens (including phenoxy) is 3. The molecule has 3 rings (SSSR count). The average molecular weight is 405 g/mol. The van der Waals surface area contributed by atoms with Gasteiger partial charge in [0.05, 0.1) is 7.11 Å². The van der Waals surface area contributed by atoms with Gasteiger partial charge in [-0.05, 0) is 69.9 Å². The van der Waals surface area contributed by atoms with Crippen molar-refractivity contribution < 1.29 is 23.8 Å². The van der Waals surface area contributed by atoms with E-state index in [0.717, 1.165) is 31.5 Å². The second-order valence-corrected chi connectivity index (χ2v) is 7.99. The number of nitrogens with two attached hydrogens (primary N) is 1. The van der Waals surface area contributed by atoms with Gasteiger partial charge in [0.1, 0.15) is 17.8 Å². The van der Waals surface area contributed by atoms with Crippen molar-refractivity contribution in [1.29, 1.82) is 0 Å². The maximum Gasteiger partial charge on any atom is 0.413 e. The lowest BCUT2D eigenvalue weighted by Crippen LogP contribution is -2.42. The summed E-state index contributed by atoms with van der Waals surface area (Å²) >= 11 is 0. The van der Waals surface area contributed by atoms with E-state index < -0.39 is 18.3 Å². The second kappa shape index (κ2) is 9.45. The van der Waals surface area contributed by atoms with Crippen molar-refractivity contribution >= 4 is 12.1 Å². The van der Waals surface area contributed by atoms with Crippen molar-refractivity contribution in [3.63, 3.8) is 0 Å². The largest absolute Gasteiger partial charge is 0.468 e. The molecule has 1 aromatic rings. The summed E-state index contributed by atoms with van der Waals surface area (Å²) < 4.78 is 16.0. The SMILES string of the molecule is COC(=O)C(N)Cc1ccc(OC2OC(=O)N(CC3CCN(C)CC3)C2C)cc1. The normalized spacial score (nSPS) is 24.3. The number of piperidine rings is 1. The van der Waals surface area contributed by atoms with E-state index in [1.165, 1.54) is 7.11 Å². The highest BCUT2D eigenvalue weighted by Gasteiger charge is 2.41. The Morgan fingerprint density at radius 3 is 2.55 bits per heavy atom. The Morgan fingerprint density at radius 1 is 1.28 bits per heavy atom. The number of benzene rings is 1. The van der Waals surface area contributed by atoms with Crippen LogP contribution in [0, 0.1) is 5.92 Å². The third kappa shape index (κ3) is 5.39. The van der Waals surface area contributed by atoms with Crippen LogP contribution in [0.1, 0.15) is 25.3 Å². The molecule has 8 heteroatoms. The monoisotopic (exact) mass is 405 g/mol. The molecule has 3 atom stereocenters. The highest BCUT2D eigenvalue weighted by atomic mass is 16.7. The van der Waals surface area contributed by atoms with Gasteiger partial charge in [-0.15, -0.1) is 0 Å². The topological polar surface area (TPSA) is 94.3 Å². The molecular formula is C21H31N3O5. The predicted octanol–water partition coefficient (Wildman–Crippen LogP) is 1.62. The van der Waals surface area contributed by atoms with Crippen LogP contribution in [-0.2, 0) is 20.7 Å². The number of likely N-dealkylation sites (tertiary alicyclic amines) is 1. The standard InChI is InChI=1S/C21H31N3O5/c1-14-20(29-21(26)24(14)13-16-8-10-23(2)11-9-16)28-17-6-4-15(5-7-17)12-18(22)19(25)27-3/h4-7,14,16,18,20H,8-13,22H2,1-3H3. The molecule has 0 saturated carbocycles. The number of hydrogen-bond acceptors (Lipinski definition) is 7. The van der Waals surface area contributed by atoms with Gasteiger partial charge >= 0.3 is 12.1 Å². The van der Waals surface area contributed by atoms with Crippen molar-refractivity contribution in [2.45, 2.75) is 44.6 Å². The lowest BCUT2D eigenvalue weighted by molar-refractivity contribution is -0.142. The van der Waals surface area contributed by atoms with Gasteiger partial charge in [0.2, 0.25) is 0 Å². The molecule has 8 nitrogen and oxygen atoms in total. The van der Waals surface area contributed by atoms with E-state index in [1.54, 1.807) is 17.0 Å². The van der Waals surface area contributed by atoms with Gasteiger partial charge in [-0.3, -0.25) is 9.69 Å². The Morgan fingerprint density at radius 2 is 1.93 bits per heavy atom. The molecule has 3 unspecified atom stereocenters. The van der Waals surface area contributed by atoms with Crippen molar-refractivity contribution in [2.24, 2.45) is 11.7 Å². The van der Waals surface area contributed by atoms with Gasteiger partial charge in [-0.25, -0.2) is 4.79 Å². The number of amides is 1.